The standard InChI is InChI=1S/C15H27NO5S/c1-5-21-14(18)10-13(17)11-6-8-12(9-7-11)16-22(19,20)15(2,3)4/h11-12,16H,5-10H2,1-4H3/t11-,12-. The smallest absolute Gasteiger partial charge is 0.313 e. The molecular formula is C15H27NO5S. The van der Waals surface area contributed by atoms with Gasteiger partial charge in [-0.25, -0.2) is 13.1 Å². The van der Waals surface area contributed by atoms with E-state index < -0.39 is 20.7 Å². The maximum absolute atomic E-state index is 12.1. The third-order valence-electron chi connectivity index (χ3n) is 3.93. The summed E-state index contributed by atoms with van der Waals surface area (Å²) < 4.78 is 30.9. The highest BCUT2D eigenvalue weighted by Crippen LogP contribution is 2.27. The Morgan fingerprint density at radius 1 is 1.14 bits per heavy atom. The zero-order valence-electron chi connectivity index (χ0n) is 13.8. The normalized spacial score (nSPS) is 23.1. The summed E-state index contributed by atoms with van der Waals surface area (Å²) in [7, 11) is -3.37. The SMILES string of the molecule is CCOC(=O)CC(=O)[C@H]1CC[C@H](NS(=O)(=O)C(C)(C)C)CC1. The number of rotatable bonds is 6. The molecule has 0 aromatic heterocycles. The molecule has 7 heteroatoms. The maximum atomic E-state index is 12.1. The lowest BCUT2D eigenvalue weighted by Gasteiger charge is -2.30. The van der Waals surface area contributed by atoms with E-state index in [0.29, 0.717) is 25.7 Å². The Balaban J connectivity index is 2.47. The fourth-order valence-electron chi connectivity index (χ4n) is 2.43. The van der Waals surface area contributed by atoms with Crippen LogP contribution in [0.5, 0.6) is 0 Å². The number of sulfonamides is 1. The van der Waals surface area contributed by atoms with E-state index in [9.17, 15) is 18.0 Å². The van der Waals surface area contributed by atoms with E-state index in [1.54, 1.807) is 27.7 Å². The topological polar surface area (TPSA) is 89.5 Å². The summed E-state index contributed by atoms with van der Waals surface area (Å²) in [6.07, 6.45) is 2.27. The molecule has 1 aliphatic carbocycles. The van der Waals surface area contributed by atoms with E-state index in [-0.39, 0.29) is 30.8 Å². The molecule has 1 aliphatic rings. The average Bonchev–Trinajstić information content (AvgIpc) is 2.37. The van der Waals surface area contributed by atoms with Crippen LogP contribution < -0.4 is 4.72 Å². The molecule has 0 atom stereocenters. The molecule has 0 aromatic rings. The fourth-order valence-corrected chi connectivity index (χ4v) is 3.46. The first-order valence-corrected chi connectivity index (χ1v) is 9.25. The Hall–Kier alpha value is -0.950. The summed E-state index contributed by atoms with van der Waals surface area (Å²) in [6.45, 7) is 6.94. The number of nitrogens with one attached hydrogen (secondary N) is 1. The summed E-state index contributed by atoms with van der Waals surface area (Å²) in [4.78, 5) is 23.3. The minimum atomic E-state index is -3.37. The Morgan fingerprint density at radius 2 is 1.68 bits per heavy atom. The van der Waals surface area contributed by atoms with Crippen LogP contribution in [-0.4, -0.2) is 37.6 Å². The van der Waals surface area contributed by atoms with Crippen molar-refractivity contribution in [2.45, 2.75) is 70.6 Å². The molecule has 1 N–H and O–H groups in total. The number of ketones is 1. The Morgan fingerprint density at radius 3 is 2.14 bits per heavy atom. The van der Waals surface area contributed by atoms with Gasteiger partial charge in [-0.3, -0.25) is 9.59 Å². The van der Waals surface area contributed by atoms with Gasteiger partial charge in [-0.2, -0.15) is 0 Å². The first-order chi connectivity index (χ1) is 10.1. The lowest BCUT2D eigenvalue weighted by atomic mass is 9.83. The van der Waals surface area contributed by atoms with Crippen LogP contribution >= 0.6 is 0 Å². The lowest BCUT2D eigenvalue weighted by Crippen LogP contribution is -2.46. The zero-order valence-corrected chi connectivity index (χ0v) is 14.7. The van der Waals surface area contributed by atoms with Crippen molar-refractivity contribution >= 4 is 21.8 Å². The van der Waals surface area contributed by atoms with Gasteiger partial charge < -0.3 is 4.74 Å². The third kappa shape index (κ3) is 5.35. The molecular weight excluding hydrogens is 306 g/mol. The van der Waals surface area contributed by atoms with Gasteiger partial charge in [-0.1, -0.05) is 0 Å². The second kappa shape index (κ2) is 7.55. The number of carbonyl (C=O) groups excluding carboxylic acids is 2. The van der Waals surface area contributed by atoms with Crippen molar-refractivity contribution < 1.29 is 22.7 Å². The van der Waals surface area contributed by atoms with Crippen LogP contribution in [0, 0.1) is 5.92 Å². The van der Waals surface area contributed by atoms with Gasteiger partial charge in [0.1, 0.15) is 12.2 Å². The van der Waals surface area contributed by atoms with Gasteiger partial charge in [0.2, 0.25) is 10.0 Å². The highest BCUT2D eigenvalue weighted by Gasteiger charge is 2.34. The highest BCUT2D eigenvalue weighted by molar-refractivity contribution is 7.90. The van der Waals surface area contributed by atoms with E-state index in [1.807, 2.05) is 0 Å². The average molecular weight is 333 g/mol. The minimum Gasteiger partial charge on any atom is -0.466 e. The van der Waals surface area contributed by atoms with Gasteiger partial charge >= 0.3 is 5.97 Å². The van der Waals surface area contributed by atoms with Gasteiger partial charge in [0.05, 0.1) is 11.4 Å². The van der Waals surface area contributed by atoms with Crippen LogP contribution in [-0.2, 0) is 24.3 Å². The summed E-state index contributed by atoms with van der Waals surface area (Å²) in [6, 6.07) is -0.129. The molecule has 0 spiro atoms. The molecule has 22 heavy (non-hydrogen) atoms. The summed E-state index contributed by atoms with van der Waals surface area (Å²) in [5, 5.41) is 0. The molecule has 0 saturated heterocycles. The molecule has 0 aromatic carbocycles. The van der Waals surface area contributed by atoms with Crippen molar-refractivity contribution in [3.63, 3.8) is 0 Å². The number of esters is 1. The predicted molar refractivity (Wildman–Crippen MR) is 83.8 cm³/mol. The van der Waals surface area contributed by atoms with Crippen LogP contribution in [0.15, 0.2) is 0 Å². The van der Waals surface area contributed by atoms with Gasteiger partial charge in [0, 0.05) is 12.0 Å². The lowest BCUT2D eigenvalue weighted by molar-refractivity contribution is -0.146. The molecule has 6 nitrogen and oxygen atoms in total. The van der Waals surface area contributed by atoms with E-state index in [4.69, 9.17) is 4.74 Å². The Kier molecular flexibility index (Phi) is 6.55. The number of hydrogen-bond acceptors (Lipinski definition) is 5. The molecule has 128 valence electrons. The zero-order chi connectivity index (χ0) is 17.0. The Bertz CT molecular complexity index is 499. The first-order valence-electron chi connectivity index (χ1n) is 7.77. The first kappa shape index (κ1) is 19.1. The molecule has 0 aliphatic heterocycles. The fraction of sp³-hybridized carbons (Fsp3) is 0.867. The van der Waals surface area contributed by atoms with Crippen molar-refractivity contribution in [2.24, 2.45) is 5.92 Å². The molecule has 0 bridgehead atoms. The van der Waals surface area contributed by atoms with Crippen LogP contribution in [0.4, 0.5) is 0 Å². The molecule has 0 amide bonds. The molecule has 1 rings (SSSR count). The third-order valence-corrected chi connectivity index (χ3v) is 6.19. The Labute approximate surface area is 133 Å². The van der Waals surface area contributed by atoms with Crippen molar-refractivity contribution in [3.05, 3.63) is 0 Å². The van der Waals surface area contributed by atoms with Crippen molar-refractivity contribution in [3.8, 4) is 0 Å². The maximum Gasteiger partial charge on any atom is 0.313 e. The van der Waals surface area contributed by atoms with Crippen LogP contribution in [0.25, 0.3) is 0 Å². The summed E-state index contributed by atoms with van der Waals surface area (Å²) in [5.74, 6) is -0.751. The molecule has 1 saturated carbocycles. The summed E-state index contributed by atoms with van der Waals surface area (Å²) in [5.41, 5.74) is 0. The summed E-state index contributed by atoms with van der Waals surface area (Å²) >= 11 is 0. The second-order valence-electron chi connectivity index (χ2n) is 6.73. The van der Waals surface area contributed by atoms with E-state index in [0.717, 1.165) is 0 Å². The molecule has 0 unspecified atom stereocenters. The molecule has 1 fully saturated rings. The van der Waals surface area contributed by atoms with Crippen molar-refractivity contribution in [1.29, 1.82) is 0 Å². The number of ether oxygens (including phenoxy) is 1. The number of Topliss-reactive ketones (excluding diaryl/α,β-unsaturated/α-hetero) is 1. The monoisotopic (exact) mass is 333 g/mol. The van der Waals surface area contributed by atoms with Gasteiger partial charge in [0.25, 0.3) is 0 Å². The van der Waals surface area contributed by atoms with Gasteiger partial charge in [-0.05, 0) is 53.4 Å². The number of carbonyl (C=O) groups is 2. The second-order valence-corrected chi connectivity index (χ2v) is 9.20. The van der Waals surface area contributed by atoms with Gasteiger partial charge in [-0.15, -0.1) is 0 Å². The van der Waals surface area contributed by atoms with Crippen molar-refractivity contribution in [1.82, 2.24) is 4.72 Å². The van der Waals surface area contributed by atoms with E-state index >= 15 is 0 Å². The molecule has 0 heterocycles. The van der Waals surface area contributed by atoms with Gasteiger partial charge in [0.15, 0.2) is 0 Å². The quantitative estimate of drug-likeness (QED) is 0.591. The van der Waals surface area contributed by atoms with Crippen LogP contribution in [0.2, 0.25) is 0 Å². The largest absolute Gasteiger partial charge is 0.466 e. The predicted octanol–water partition coefficient (Wildman–Crippen LogP) is 1.79. The molecule has 0 radical (unpaired) electrons. The van der Waals surface area contributed by atoms with Crippen LogP contribution in [0.3, 0.4) is 0 Å². The minimum absolute atomic E-state index is 0.101. The van der Waals surface area contributed by atoms with Crippen molar-refractivity contribution in [2.75, 3.05) is 6.61 Å². The number of hydrogen-bond donors (Lipinski definition) is 1. The van der Waals surface area contributed by atoms with Crippen LogP contribution in [0.1, 0.15) is 59.8 Å². The van der Waals surface area contributed by atoms with E-state index in [2.05, 4.69) is 4.72 Å². The van der Waals surface area contributed by atoms with E-state index in [1.165, 1.54) is 0 Å². The highest BCUT2D eigenvalue weighted by atomic mass is 32.2.